The van der Waals surface area contributed by atoms with E-state index in [0.717, 1.165) is 7.11 Å². The number of rotatable bonds is 5. The first-order valence-corrected chi connectivity index (χ1v) is 7.53. The van der Waals surface area contributed by atoms with Gasteiger partial charge in [0.15, 0.2) is 0 Å². The second-order valence-corrected chi connectivity index (χ2v) is 5.44. The quantitative estimate of drug-likeness (QED) is 0.456. The van der Waals surface area contributed by atoms with Crippen molar-refractivity contribution in [3.8, 4) is 0 Å². The molecule has 0 radical (unpaired) electrons. The van der Waals surface area contributed by atoms with Crippen LogP contribution in [0.15, 0.2) is 12.7 Å². The molecule has 0 saturated carbocycles. The van der Waals surface area contributed by atoms with Crippen molar-refractivity contribution in [2.24, 2.45) is 5.41 Å². The Labute approximate surface area is 143 Å². The number of alkyl halides is 5. The Morgan fingerprint density at radius 1 is 1.32 bits per heavy atom. The molecule has 1 saturated heterocycles. The zero-order valence-electron chi connectivity index (χ0n) is 14.2. The Morgan fingerprint density at radius 2 is 1.80 bits per heavy atom. The highest BCUT2D eigenvalue weighted by Crippen LogP contribution is 2.46. The molecular weight excluding hydrogens is 351 g/mol. The number of carbonyl (C=O) groups is 2. The molecule has 1 aliphatic heterocycles. The number of hydrogen-bond acceptors (Lipinski definition) is 4. The van der Waals surface area contributed by atoms with Crippen molar-refractivity contribution < 1.29 is 36.3 Å². The Bertz CT molecular complexity index is 447. The zero-order valence-corrected chi connectivity index (χ0v) is 14.2. The topological polar surface area (TPSA) is 58.6 Å². The molecule has 0 aliphatic carbocycles. The molecule has 1 amide bonds. The van der Waals surface area contributed by atoms with Gasteiger partial charge < -0.3 is 10.1 Å². The number of nitrogens with one attached hydrogen (secondary N) is 1. The van der Waals surface area contributed by atoms with E-state index in [1.807, 2.05) is 12.2 Å². The Kier molecular flexibility index (Phi) is 9.61. The van der Waals surface area contributed by atoms with E-state index >= 15 is 0 Å². The highest BCUT2D eigenvalue weighted by atomic mass is 19.4. The summed E-state index contributed by atoms with van der Waals surface area (Å²) in [4.78, 5) is 24.0. The summed E-state index contributed by atoms with van der Waals surface area (Å²) in [6.45, 7) is 3.41. The van der Waals surface area contributed by atoms with Gasteiger partial charge in [-0.15, -0.1) is 6.58 Å². The molecule has 0 spiro atoms. The fraction of sp³-hybridized carbons (Fsp3) is 0.733. The van der Waals surface area contributed by atoms with Crippen molar-refractivity contribution in [1.29, 1.82) is 0 Å². The van der Waals surface area contributed by atoms with Crippen molar-refractivity contribution in [3.63, 3.8) is 0 Å². The Morgan fingerprint density at radius 3 is 2.16 bits per heavy atom. The molecule has 10 heteroatoms. The van der Waals surface area contributed by atoms with Crippen LogP contribution < -0.4 is 5.32 Å². The Hall–Kier alpha value is -1.71. The molecule has 1 fully saturated rings. The van der Waals surface area contributed by atoms with Gasteiger partial charge in [-0.05, 0) is 32.9 Å². The van der Waals surface area contributed by atoms with Crippen LogP contribution >= 0.6 is 0 Å². The van der Waals surface area contributed by atoms with Crippen LogP contribution in [0.25, 0.3) is 0 Å². The van der Waals surface area contributed by atoms with E-state index in [2.05, 4.69) is 11.3 Å². The summed E-state index contributed by atoms with van der Waals surface area (Å²) in [6, 6.07) is 0. The number of ether oxygens (including phenoxy) is 1. The highest BCUT2D eigenvalue weighted by Gasteiger charge is 2.60. The molecule has 0 aromatic rings. The summed E-state index contributed by atoms with van der Waals surface area (Å²) in [5, 5.41) is 1.91. The van der Waals surface area contributed by atoms with Crippen molar-refractivity contribution in [2.45, 2.75) is 32.4 Å². The molecule has 0 atom stereocenters. The lowest BCUT2D eigenvalue weighted by atomic mass is 9.76. The molecule has 0 bridgehead atoms. The minimum absolute atomic E-state index is 0.268. The van der Waals surface area contributed by atoms with E-state index in [9.17, 15) is 31.5 Å². The maximum Gasteiger partial charge on any atom is 0.403 e. The van der Waals surface area contributed by atoms with Crippen LogP contribution in [0.3, 0.4) is 0 Å². The van der Waals surface area contributed by atoms with Gasteiger partial charge in [-0.2, -0.15) is 13.2 Å². The van der Waals surface area contributed by atoms with Gasteiger partial charge in [0, 0.05) is 0 Å². The Balaban J connectivity index is 0.00000178. The molecule has 5 nitrogen and oxygen atoms in total. The minimum Gasteiger partial charge on any atom is -0.468 e. The molecule has 146 valence electrons. The van der Waals surface area contributed by atoms with E-state index in [1.54, 1.807) is 6.08 Å². The predicted molar refractivity (Wildman–Crippen MR) is 81.1 cm³/mol. The van der Waals surface area contributed by atoms with Crippen LogP contribution in [-0.2, 0) is 14.3 Å². The average molecular weight is 374 g/mol. The van der Waals surface area contributed by atoms with E-state index in [0.29, 0.717) is 0 Å². The van der Waals surface area contributed by atoms with Gasteiger partial charge in [-0.1, -0.05) is 6.08 Å². The van der Waals surface area contributed by atoms with Crippen molar-refractivity contribution in [3.05, 3.63) is 12.7 Å². The van der Waals surface area contributed by atoms with E-state index in [1.165, 1.54) is 4.90 Å². The van der Waals surface area contributed by atoms with Gasteiger partial charge in [0.05, 0.1) is 13.7 Å². The number of piperidine rings is 1. The molecular formula is C15H23F5N2O3. The number of allylic oxidation sites excluding steroid dienone is 1. The lowest BCUT2D eigenvalue weighted by Crippen LogP contribution is -2.57. The van der Waals surface area contributed by atoms with Gasteiger partial charge in [0.1, 0.15) is 12.0 Å². The number of hydrogen-bond donors (Lipinski definition) is 1. The predicted octanol–water partition coefficient (Wildman–Crippen LogP) is 2.38. The van der Waals surface area contributed by atoms with Crippen molar-refractivity contribution >= 4 is 11.9 Å². The maximum atomic E-state index is 13.3. The molecule has 25 heavy (non-hydrogen) atoms. The van der Waals surface area contributed by atoms with Gasteiger partial charge in [-0.25, -0.2) is 8.78 Å². The first kappa shape index (κ1) is 23.3. The molecule has 1 rings (SSSR count). The summed E-state index contributed by atoms with van der Waals surface area (Å²) >= 11 is 0. The fourth-order valence-electron chi connectivity index (χ4n) is 2.35. The number of methoxy groups -OCH3 is 1. The maximum absolute atomic E-state index is 13.3. The van der Waals surface area contributed by atoms with Crippen LogP contribution in [0.5, 0.6) is 0 Å². The zero-order chi connectivity index (χ0) is 19.7. The van der Waals surface area contributed by atoms with E-state index in [4.69, 9.17) is 0 Å². The molecule has 1 aliphatic rings. The molecule has 1 N–H and O–H groups in total. The third kappa shape index (κ3) is 6.97. The van der Waals surface area contributed by atoms with Gasteiger partial charge in [-0.3, -0.25) is 14.5 Å². The van der Waals surface area contributed by atoms with Crippen LogP contribution in [0, 0.1) is 5.41 Å². The summed E-state index contributed by atoms with van der Waals surface area (Å²) in [7, 11) is 1.04. The van der Waals surface area contributed by atoms with Crippen LogP contribution in [0.2, 0.25) is 0 Å². The lowest BCUT2D eigenvalue weighted by molar-refractivity contribution is -0.233. The van der Waals surface area contributed by atoms with Crippen molar-refractivity contribution in [2.75, 3.05) is 33.3 Å². The third-order valence-electron chi connectivity index (χ3n) is 3.70. The van der Waals surface area contributed by atoms with E-state index < -0.39 is 55.8 Å². The first-order valence-electron chi connectivity index (χ1n) is 7.53. The van der Waals surface area contributed by atoms with E-state index in [-0.39, 0.29) is 13.1 Å². The van der Waals surface area contributed by atoms with Crippen LogP contribution in [0.4, 0.5) is 22.0 Å². The van der Waals surface area contributed by atoms with Gasteiger partial charge >= 0.3 is 12.1 Å². The molecule has 0 aromatic heterocycles. The second-order valence-electron chi connectivity index (χ2n) is 5.44. The largest absolute Gasteiger partial charge is 0.468 e. The molecule has 1 heterocycles. The monoisotopic (exact) mass is 374 g/mol. The number of carbonyl (C=O) groups excluding carboxylic acids is 2. The number of esters is 1. The molecule has 0 aromatic carbocycles. The number of halogens is 5. The standard InChI is InChI=1S/C12H17F5N2O3.C3H6/c1-22-9(20)6-18-10(21)11(12(15,16)17)2-4-19(5-3-11)7-8(13)14;1-3-2/h8H,2-7H2,1H3,(H,18,21);3H,1H2,2H3. The van der Waals surface area contributed by atoms with Crippen molar-refractivity contribution in [1.82, 2.24) is 10.2 Å². The number of nitrogens with zero attached hydrogens (tertiary/aromatic N) is 1. The summed E-state index contributed by atoms with van der Waals surface area (Å²) in [5.41, 5.74) is -2.67. The third-order valence-corrected chi connectivity index (χ3v) is 3.70. The molecule has 0 unspecified atom stereocenters. The second kappa shape index (κ2) is 10.3. The fourth-order valence-corrected chi connectivity index (χ4v) is 2.35. The van der Waals surface area contributed by atoms with Gasteiger partial charge in [0.25, 0.3) is 6.43 Å². The average Bonchev–Trinajstić information content (AvgIpc) is 2.52. The summed E-state index contributed by atoms with van der Waals surface area (Å²) in [6.07, 6.45) is -6.98. The highest BCUT2D eigenvalue weighted by molar-refractivity contribution is 5.87. The SMILES string of the molecule is C=CC.COC(=O)CNC(=O)C1(C(F)(F)F)CCN(CC(F)F)CC1. The first-order chi connectivity index (χ1) is 11.5. The van der Waals surface area contributed by atoms with Gasteiger partial charge in [0.2, 0.25) is 5.91 Å². The number of amides is 1. The van der Waals surface area contributed by atoms with Crippen LogP contribution in [0.1, 0.15) is 19.8 Å². The normalized spacial score (nSPS) is 17.3. The lowest BCUT2D eigenvalue weighted by Gasteiger charge is -2.41. The summed E-state index contributed by atoms with van der Waals surface area (Å²) < 4.78 is 68.7. The van der Waals surface area contributed by atoms with Crippen LogP contribution in [-0.4, -0.2) is 62.7 Å². The summed E-state index contributed by atoms with van der Waals surface area (Å²) in [5.74, 6) is -2.21. The smallest absolute Gasteiger partial charge is 0.403 e. The minimum atomic E-state index is -4.83. The number of likely N-dealkylation sites (tertiary alicyclic amines) is 1.